The quantitative estimate of drug-likeness (QED) is 0.421. The number of hydrogen-bond donors (Lipinski definition) is 1. The van der Waals surface area contributed by atoms with Crippen LogP contribution in [0, 0.1) is 5.92 Å². The van der Waals surface area contributed by atoms with Crippen LogP contribution in [0.4, 0.5) is 13.6 Å². The highest BCUT2D eigenvalue weighted by Gasteiger charge is 2.56. The SMILES string of the molecule is COc1ccc(CN2C(=O)N(C)C3(CCN(CC[C@H](NC(=O)C4CCC(F)(F)CC4)c4ccccc4)CC3)C2=O)cc1. The minimum absolute atomic E-state index is 0.155. The third-order valence-electron chi connectivity index (χ3n) is 9.33. The molecule has 1 spiro atoms. The van der Waals surface area contributed by atoms with E-state index in [1.165, 1.54) is 4.90 Å². The minimum Gasteiger partial charge on any atom is -0.497 e. The van der Waals surface area contributed by atoms with Gasteiger partial charge in [-0.25, -0.2) is 13.6 Å². The summed E-state index contributed by atoms with van der Waals surface area (Å²) in [5, 5.41) is 3.14. The number of benzene rings is 2. The molecule has 3 fully saturated rings. The highest BCUT2D eigenvalue weighted by atomic mass is 19.3. The summed E-state index contributed by atoms with van der Waals surface area (Å²) in [5.74, 6) is -2.67. The van der Waals surface area contributed by atoms with Crippen molar-refractivity contribution in [2.24, 2.45) is 5.92 Å². The normalized spacial score (nSPS) is 21.5. The lowest BCUT2D eigenvalue weighted by molar-refractivity contribution is -0.135. The fourth-order valence-electron chi connectivity index (χ4n) is 6.51. The Morgan fingerprint density at radius 1 is 1.00 bits per heavy atom. The van der Waals surface area contributed by atoms with Crippen molar-refractivity contribution in [2.45, 2.75) is 69.0 Å². The van der Waals surface area contributed by atoms with Crippen LogP contribution in [-0.4, -0.2) is 77.8 Å². The molecule has 2 heterocycles. The smallest absolute Gasteiger partial charge is 0.327 e. The van der Waals surface area contributed by atoms with Gasteiger partial charge in [0.1, 0.15) is 11.3 Å². The van der Waals surface area contributed by atoms with Crippen LogP contribution in [-0.2, 0) is 16.1 Å². The third kappa shape index (κ3) is 6.28. The van der Waals surface area contributed by atoms with E-state index in [1.807, 2.05) is 54.6 Å². The Morgan fingerprint density at radius 3 is 2.26 bits per heavy atom. The Morgan fingerprint density at radius 2 is 1.64 bits per heavy atom. The number of likely N-dealkylation sites (tertiary alicyclic amines) is 1. The molecule has 5 rings (SSSR count). The van der Waals surface area contributed by atoms with Crippen LogP contribution in [0.25, 0.3) is 0 Å². The molecule has 3 aliphatic rings. The van der Waals surface area contributed by atoms with E-state index in [9.17, 15) is 23.2 Å². The number of rotatable bonds is 9. The predicted octanol–water partition coefficient (Wildman–Crippen LogP) is 5.00. The maximum absolute atomic E-state index is 13.6. The van der Waals surface area contributed by atoms with Crippen molar-refractivity contribution in [2.75, 3.05) is 33.8 Å². The molecule has 42 heavy (non-hydrogen) atoms. The van der Waals surface area contributed by atoms with Gasteiger partial charge in [0.15, 0.2) is 0 Å². The molecule has 2 saturated heterocycles. The van der Waals surface area contributed by atoms with Crippen LogP contribution in [0.2, 0.25) is 0 Å². The molecular weight excluding hydrogens is 542 g/mol. The highest BCUT2D eigenvalue weighted by molar-refractivity contribution is 6.06. The number of nitrogens with one attached hydrogen (secondary N) is 1. The molecule has 0 radical (unpaired) electrons. The van der Waals surface area contributed by atoms with Crippen LogP contribution >= 0.6 is 0 Å². The maximum atomic E-state index is 13.6. The standard InChI is InChI=1S/C32H40F2N4O4/c1-36-30(41)38(22-23-8-10-26(42-2)11-9-23)29(40)31(36)17-20-37(21-18-31)19-14-27(24-6-4-3-5-7-24)35-28(39)25-12-15-32(33,34)16-13-25/h3-11,25,27H,12-22H2,1-2H3,(H,35,39)/t27-/m0/s1. The van der Waals surface area contributed by atoms with Gasteiger partial charge in [0.05, 0.1) is 19.7 Å². The number of alkyl halides is 2. The van der Waals surface area contributed by atoms with E-state index in [0.29, 0.717) is 44.6 Å². The topological polar surface area (TPSA) is 82.2 Å². The number of piperidine rings is 1. The number of methoxy groups -OCH3 is 1. The first-order chi connectivity index (χ1) is 20.1. The van der Waals surface area contributed by atoms with Gasteiger partial charge in [-0.15, -0.1) is 0 Å². The van der Waals surface area contributed by atoms with Crippen molar-refractivity contribution in [3.05, 3.63) is 65.7 Å². The number of ether oxygens (including phenoxy) is 1. The van der Waals surface area contributed by atoms with Gasteiger partial charge >= 0.3 is 6.03 Å². The second-order valence-corrected chi connectivity index (χ2v) is 11.8. The summed E-state index contributed by atoms with van der Waals surface area (Å²) < 4.78 is 32.5. The molecular formula is C32H40F2N4O4. The van der Waals surface area contributed by atoms with Gasteiger partial charge in [-0.2, -0.15) is 0 Å². The Hall–Kier alpha value is -3.53. The molecule has 226 valence electrons. The summed E-state index contributed by atoms with van der Waals surface area (Å²) in [5.41, 5.74) is 0.984. The van der Waals surface area contributed by atoms with Gasteiger partial charge in [-0.05, 0) is 55.4 Å². The molecule has 2 aromatic rings. The summed E-state index contributed by atoms with van der Waals surface area (Å²) in [4.78, 5) is 45.1. The number of urea groups is 1. The molecule has 1 aliphatic carbocycles. The fraction of sp³-hybridized carbons (Fsp3) is 0.531. The summed E-state index contributed by atoms with van der Waals surface area (Å²) >= 11 is 0. The molecule has 0 aromatic heterocycles. The molecule has 0 bridgehead atoms. The minimum atomic E-state index is -2.67. The summed E-state index contributed by atoms with van der Waals surface area (Å²) in [7, 11) is 3.31. The van der Waals surface area contributed by atoms with Crippen molar-refractivity contribution in [1.29, 1.82) is 0 Å². The second kappa shape index (κ2) is 12.4. The molecule has 4 amide bonds. The van der Waals surface area contributed by atoms with Gasteiger partial charge < -0.3 is 19.9 Å². The number of imide groups is 1. The number of hydrogen-bond acceptors (Lipinski definition) is 5. The summed E-state index contributed by atoms with van der Waals surface area (Å²) in [6, 6.07) is 16.6. The van der Waals surface area contributed by atoms with Crippen molar-refractivity contribution in [1.82, 2.24) is 20.0 Å². The van der Waals surface area contributed by atoms with Crippen molar-refractivity contribution in [3.63, 3.8) is 0 Å². The number of carbonyl (C=O) groups is 3. The van der Waals surface area contributed by atoms with Crippen molar-refractivity contribution >= 4 is 17.8 Å². The first-order valence-corrected chi connectivity index (χ1v) is 14.8. The Bertz CT molecular complexity index is 1260. The van der Waals surface area contributed by atoms with Crippen LogP contribution in [0.15, 0.2) is 54.6 Å². The number of likely N-dealkylation sites (N-methyl/N-ethyl adjacent to an activating group) is 1. The van der Waals surface area contributed by atoms with E-state index in [1.54, 1.807) is 19.1 Å². The van der Waals surface area contributed by atoms with E-state index in [0.717, 1.165) is 11.1 Å². The van der Waals surface area contributed by atoms with Crippen LogP contribution in [0.3, 0.4) is 0 Å². The van der Waals surface area contributed by atoms with Crippen LogP contribution in [0.5, 0.6) is 5.75 Å². The molecule has 10 heteroatoms. The largest absolute Gasteiger partial charge is 0.497 e. The van der Waals surface area contributed by atoms with E-state index in [-0.39, 0.29) is 56.1 Å². The van der Waals surface area contributed by atoms with Gasteiger partial charge in [0.2, 0.25) is 11.8 Å². The Labute approximate surface area is 246 Å². The zero-order valence-electron chi connectivity index (χ0n) is 24.4. The zero-order valence-corrected chi connectivity index (χ0v) is 24.4. The Balaban J connectivity index is 1.18. The monoisotopic (exact) mass is 582 g/mol. The first kappa shape index (κ1) is 29.9. The second-order valence-electron chi connectivity index (χ2n) is 11.8. The number of amides is 4. The zero-order chi connectivity index (χ0) is 29.9. The number of halogens is 2. The molecule has 8 nitrogen and oxygen atoms in total. The number of carbonyl (C=O) groups excluding carboxylic acids is 3. The van der Waals surface area contributed by atoms with Crippen LogP contribution in [0.1, 0.15) is 62.1 Å². The van der Waals surface area contributed by atoms with E-state index < -0.39 is 17.4 Å². The first-order valence-electron chi connectivity index (χ1n) is 14.8. The van der Waals surface area contributed by atoms with Crippen molar-refractivity contribution in [3.8, 4) is 5.75 Å². The molecule has 0 unspecified atom stereocenters. The van der Waals surface area contributed by atoms with Crippen LogP contribution < -0.4 is 10.1 Å². The van der Waals surface area contributed by atoms with E-state index in [2.05, 4.69) is 10.2 Å². The van der Waals surface area contributed by atoms with Crippen molar-refractivity contribution < 1.29 is 27.9 Å². The highest BCUT2D eigenvalue weighted by Crippen LogP contribution is 2.38. The Kier molecular flexibility index (Phi) is 8.82. The maximum Gasteiger partial charge on any atom is 0.327 e. The van der Waals surface area contributed by atoms with Gasteiger partial charge in [0.25, 0.3) is 5.91 Å². The van der Waals surface area contributed by atoms with Gasteiger partial charge in [-0.1, -0.05) is 42.5 Å². The average Bonchev–Trinajstić information content (AvgIpc) is 3.17. The lowest BCUT2D eigenvalue weighted by atomic mass is 9.85. The van der Waals surface area contributed by atoms with Gasteiger partial charge in [0, 0.05) is 45.4 Å². The molecule has 1 N–H and O–H groups in total. The molecule has 1 saturated carbocycles. The summed E-state index contributed by atoms with van der Waals surface area (Å²) in [6.07, 6.45) is 1.62. The van der Waals surface area contributed by atoms with E-state index >= 15 is 0 Å². The molecule has 2 aromatic carbocycles. The summed E-state index contributed by atoms with van der Waals surface area (Å²) in [6.45, 7) is 2.20. The number of nitrogens with zero attached hydrogens (tertiary/aromatic N) is 3. The average molecular weight is 583 g/mol. The predicted molar refractivity (Wildman–Crippen MR) is 154 cm³/mol. The van der Waals surface area contributed by atoms with E-state index in [4.69, 9.17) is 4.74 Å². The third-order valence-corrected chi connectivity index (χ3v) is 9.33. The molecule has 1 atom stereocenters. The van der Waals surface area contributed by atoms with Gasteiger partial charge in [-0.3, -0.25) is 14.5 Å². The fourth-order valence-corrected chi connectivity index (χ4v) is 6.51. The lowest BCUT2D eigenvalue weighted by Crippen LogP contribution is -2.55. The lowest BCUT2D eigenvalue weighted by Gasteiger charge is -2.41. The molecule has 2 aliphatic heterocycles.